The zero-order valence-electron chi connectivity index (χ0n) is 5.08. The van der Waals surface area contributed by atoms with Gasteiger partial charge in [0.1, 0.15) is 0 Å². The summed E-state index contributed by atoms with van der Waals surface area (Å²) in [6.07, 6.45) is 0. The summed E-state index contributed by atoms with van der Waals surface area (Å²) in [6.45, 7) is 0. The molecule has 0 aromatic heterocycles. The Morgan fingerprint density at radius 2 is 1.50 bits per heavy atom. The molecule has 0 aliphatic rings. The van der Waals surface area contributed by atoms with Crippen molar-refractivity contribution in [2.45, 2.75) is 0 Å². The maximum absolute atomic E-state index is 9.78. The van der Waals surface area contributed by atoms with Gasteiger partial charge in [-0.25, -0.2) is 4.55 Å². The molecule has 0 aliphatic heterocycles. The molecule has 0 rings (SSSR count). The molecule has 0 aromatic rings. The topological polar surface area (TPSA) is 57.1 Å². The maximum atomic E-state index is 9.78. The van der Waals surface area contributed by atoms with Crippen LogP contribution in [0.25, 0.3) is 0 Å². The molecular formula is C3H10O4S. The monoisotopic (exact) mass is 142 g/mol. The number of hydrogen-bond donors (Lipinski definition) is 1. The fourth-order valence-corrected chi connectivity index (χ4v) is 0. The highest BCUT2D eigenvalue weighted by atomic mass is 32.3. The lowest BCUT2D eigenvalue weighted by molar-refractivity contribution is 0.104. The first-order chi connectivity index (χ1) is 2.94. The summed E-state index contributed by atoms with van der Waals surface area (Å²) in [4.78, 5) is 0. The molecule has 0 heterocycles. The lowest BCUT2D eigenvalue weighted by Gasteiger charge is -1.96. The van der Waals surface area contributed by atoms with Crippen molar-refractivity contribution < 1.29 is 16.8 Å². The summed E-state index contributed by atoms with van der Waals surface area (Å²) in [5.41, 5.74) is 0. The zero-order valence-corrected chi connectivity index (χ0v) is 5.90. The molecule has 5 heteroatoms. The predicted octanol–water partition coefficient (Wildman–Crippen LogP) is 0.0514. The highest BCUT2D eigenvalue weighted by Crippen LogP contribution is 1.90. The van der Waals surface area contributed by atoms with E-state index in [4.69, 9.17) is 4.55 Å². The molecule has 8 heavy (non-hydrogen) atoms. The van der Waals surface area contributed by atoms with Crippen LogP contribution in [0.1, 0.15) is 0 Å². The Hall–Kier alpha value is -0.130. The first-order valence-corrected chi connectivity index (χ1v) is 2.86. The summed E-state index contributed by atoms with van der Waals surface area (Å²) in [6, 6.07) is 0. The molecule has 0 saturated carbocycles. The van der Waals surface area contributed by atoms with Gasteiger partial charge in [0.15, 0.2) is 14.2 Å². The SMILES string of the molecule is C[O+](C)S(=O)(=O)O.[CH3-]. The Labute approximate surface area is 49.7 Å². The second kappa shape index (κ2) is 3.01. The molecule has 0 aliphatic carbocycles. The Balaban J connectivity index is 0. The van der Waals surface area contributed by atoms with Crippen LogP contribution in [0.5, 0.6) is 0 Å². The third kappa shape index (κ3) is 4.04. The molecular weight excluding hydrogens is 132 g/mol. The summed E-state index contributed by atoms with van der Waals surface area (Å²) in [5, 5.41) is 0. The van der Waals surface area contributed by atoms with Gasteiger partial charge in [0.2, 0.25) is 0 Å². The van der Waals surface area contributed by atoms with Gasteiger partial charge in [-0.2, -0.15) is 0 Å². The standard InChI is InChI=1S/C2H6O4S.CH3/c1-6(2)7(3,4)5;/h1-2H3;1H3/q;-1/p+1. The molecule has 0 atom stereocenters. The molecule has 0 amide bonds. The highest BCUT2D eigenvalue weighted by molar-refractivity contribution is 7.81. The van der Waals surface area contributed by atoms with Crippen molar-refractivity contribution in [1.82, 2.24) is 0 Å². The van der Waals surface area contributed by atoms with Crippen LogP contribution in [0, 0.1) is 7.43 Å². The smallest absolute Gasteiger partial charge is 0.358 e. The molecule has 4 nitrogen and oxygen atoms in total. The third-order valence-electron chi connectivity index (χ3n) is 0.421. The largest absolute Gasteiger partial charge is 0.528 e. The van der Waals surface area contributed by atoms with Gasteiger partial charge in [-0.1, -0.05) is 0 Å². The molecule has 0 aromatic carbocycles. The van der Waals surface area contributed by atoms with E-state index in [1.54, 1.807) is 0 Å². The van der Waals surface area contributed by atoms with Gasteiger partial charge in [-0.05, 0) is 0 Å². The van der Waals surface area contributed by atoms with Gasteiger partial charge in [0.05, 0.1) is 0 Å². The van der Waals surface area contributed by atoms with Gasteiger partial charge < -0.3 is 7.43 Å². The van der Waals surface area contributed by atoms with Crippen LogP contribution in [0.2, 0.25) is 0 Å². The van der Waals surface area contributed by atoms with Crippen molar-refractivity contribution in [3.05, 3.63) is 7.43 Å². The first-order valence-electron chi connectivity index (χ1n) is 1.50. The summed E-state index contributed by atoms with van der Waals surface area (Å²) >= 11 is 0. The Bertz CT molecular complexity index is 133. The number of rotatable bonds is 1. The van der Waals surface area contributed by atoms with E-state index in [0.717, 1.165) is 14.2 Å². The lowest BCUT2D eigenvalue weighted by Crippen LogP contribution is -2.11. The van der Waals surface area contributed by atoms with E-state index in [1.807, 2.05) is 0 Å². The highest BCUT2D eigenvalue weighted by Gasteiger charge is 2.12. The maximum Gasteiger partial charge on any atom is 0.528 e. The van der Waals surface area contributed by atoms with Crippen LogP contribution in [0.4, 0.5) is 0 Å². The first kappa shape index (κ1) is 10.8. The van der Waals surface area contributed by atoms with E-state index in [-0.39, 0.29) is 7.43 Å². The minimum Gasteiger partial charge on any atom is -0.358 e. The lowest BCUT2D eigenvalue weighted by atomic mass is 11.6. The van der Waals surface area contributed by atoms with E-state index in [0.29, 0.717) is 0 Å². The normalized spacial score (nSPS) is 11.0. The van der Waals surface area contributed by atoms with Crippen LogP contribution in [0.15, 0.2) is 0 Å². The average molecular weight is 142 g/mol. The third-order valence-corrected chi connectivity index (χ3v) is 1.26. The van der Waals surface area contributed by atoms with E-state index in [1.165, 1.54) is 3.81 Å². The van der Waals surface area contributed by atoms with E-state index in [2.05, 4.69) is 0 Å². The second-order valence-corrected chi connectivity index (χ2v) is 2.69. The van der Waals surface area contributed by atoms with Crippen LogP contribution in [-0.2, 0) is 14.2 Å². The van der Waals surface area contributed by atoms with E-state index < -0.39 is 10.4 Å². The van der Waals surface area contributed by atoms with Gasteiger partial charge >= 0.3 is 10.4 Å². The minimum absolute atomic E-state index is 0. The Morgan fingerprint density at radius 3 is 1.50 bits per heavy atom. The van der Waals surface area contributed by atoms with Gasteiger partial charge in [-0.3, -0.25) is 3.81 Å². The second-order valence-electron chi connectivity index (χ2n) is 1.17. The van der Waals surface area contributed by atoms with Gasteiger partial charge in [0, 0.05) is 0 Å². The summed E-state index contributed by atoms with van der Waals surface area (Å²) in [7, 11) is -1.67. The van der Waals surface area contributed by atoms with Crippen molar-refractivity contribution in [3.8, 4) is 0 Å². The molecule has 0 unspecified atom stereocenters. The zero-order chi connectivity index (χ0) is 6.08. The molecule has 0 fully saturated rings. The van der Waals surface area contributed by atoms with Crippen LogP contribution in [-0.4, -0.2) is 27.2 Å². The van der Waals surface area contributed by atoms with Crippen molar-refractivity contribution in [1.29, 1.82) is 0 Å². The Kier molecular flexibility index (Phi) is 4.05. The summed E-state index contributed by atoms with van der Waals surface area (Å²) in [5.74, 6) is 0. The van der Waals surface area contributed by atoms with Gasteiger partial charge in [-0.15, -0.1) is 8.42 Å². The van der Waals surface area contributed by atoms with Crippen molar-refractivity contribution in [2.75, 3.05) is 14.2 Å². The van der Waals surface area contributed by atoms with Crippen molar-refractivity contribution in [3.63, 3.8) is 0 Å². The predicted molar refractivity (Wildman–Crippen MR) is 30.9 cm³/mol. The molecule has 52 valence electrons. The molecule has 1 N–H and O–H groups in total. The van der Waals surface area contributed by atoms with E-state index in [9.17, 15) is 8.42 Å². The Morgan fingerprint density at radius 1 is 1.38 bits per heavy atom. The van der Waals surface area contributed by atoms with Crippen molar-refractivity contribution in [2.24, 2.45) is 0 Å². The summed E-state index contributed by atoms with van der Waals surface area (Å²) < 4.78 is 28.9. The average Bonchev–Trinajstić information content (AvgIpc) is 1.31. The van der Waals surface area contributed by atoms with Crippen LogP contribution < -0.4 is 0 Å². The fraction of sp³-hybridized carbons (Fsp3) is 0.667. The van der Waals surface area contributed by atoms with Crippen LogP contribution >= 0.6 is 0 Å². The quantitative estimate of drug-likeness (QED) is 0.320. The molecule has 0 bridgehead atoms. The van der Waals surface area contributed by atoms with Crippen LogP contribution in [0.3, 0.4) is 0 Å². The van der Waals surface area contributed by atoms with Crippen molar-refractivity contribution >= 4 is 10.4 Å². The number of hydrogen-bond acceptors (Lipinski definition) is 2. The minimum atomic E-state index is -3.99. The molecule has 0 spiro atoms. The van der Waals surface area contributed by atoms with Gasteiger partial charge in [0.25, 0.3) is 0 Å². The molecule has 0 saturated heterocycles. The van der Waals surface area contributed by atoms with E-state index >= 15 is 0 Å². The fourth-order valence-electron chi connectivity index (χ4n) is 0. The molecule has 0 radical (unpaired) electrons.